The normalized spacial score (nSPS) is 13.0. The number of thiophene rings is 1. The van der Waals surface area contributed by atoms with E-state index < -0.39 is 0 Å². The van der Waals surface area contributed by atoms with E-state index in [1.165, 1.54) is 0 Å². The van der Waals surface area contributed by atoms with Gasteiger partial charge in [0.2, 0.25) is 0 Å². The van der Waals surface area contributed by atoms with Gasteiger partial charge in [-0.1, -0.05) is 0 Å². The average Bonchev–Trinajstić information content (AvgIpc) is 2.79. The largest absolute Gasteiger partial charge is 0.271 e. The highest BCUT2D eigenvalue weighted by Gasteiger charge is 2.15. The Morgan fingerprint density at radius 1 is 1.50 bits per heavy atom. The molecule has 6 heteroatoms. The predicted molar refractivity (Wildman–Crippen MR) is 63.3 cm³/mol. The third-order valence-corrected chi connectivity index (χ3v) is 3.96. The minimum absolute atomic E-state index is 0.0104. The molecule has 0 spiro atoms. The van der Waals surface area contributed by atoms with Crippen LogP contribution < -0.4 is 11.3 Å². The van der Waals surface area contributed by atoms with Gasteiger partial charge >= 0.3 is 0 Å². The molecule has 2 rings (SSSR count). The molecule has 2 aromatic heterocycles. The molecule has 0 amide bonds. The van der Waals surface area contributed by atoms with Crippen LogP contribution >= 0.6 is 38.6 Å². The monoisotopic (exact) mass is 289 g/mol. The number of hydrazine groups is 1. The Kier molecular flexibility index (Phi) is 3.30. The van der Waals surface area contributed by atoms with E-state index in [9.17, 15) is 0 Å². The number of nitrogens with zero attached hydrogens (tertiary/aromatic N) is 1. The van der Waals surface area contributed by atoms with E-state index in [-0.39, 0.29) is 6.04 Å². The quantitative estimate of drug-likeness (QED) is 0.674. The summed E-state index contributed by atoms with van der Waals surface area (Å²) in [4.78, 5) is 4.24. The first-order chi connectivity index (χ1) is 6.81. The molecule has 0 bridgehead atoms. The summed E-state index contributed by atoms with van der Waals surface area (Å²) in [6, 6.07) is 2.04. The van der Waals surface area contributed by atoms with Crippen molar-refractivity contribution in [2.24, 2.45) is 5.84 Å². The maximum atomic E-state index is 5.51. The summed E-state index contributed by atoms with van der Waals surface area (Å²) in [5.41, 5.74) is 6.67. The number of hydrogen-bond acceptors (Lipinski definition) is 5. The molecule has 2 heterocycles. The van der Waals surface area contributed by atoms with Crippen molar-refractivity contribution in [3.8, 4) is 0 Å². The number of nitrogens with two attached hydrogens (primary N) is 1. The summed E-state index contributed by atoms with van der Waals surface area (Å²) in [5, 5.41) is 4.06. The molecule has 0 aliphatic carbocycles. The molecule has 3 nitrogen and oxygen atoms in total. The lowest BCUT2D eigenvalue weighted by molar-refractivity contribution is 0.626. The third-order valence-electron chi connectivity index (χ3n) is 1.83. The molecule has 0 radical (unpaired) electrons. The maximum Gasteiger partial charge on any atom is 0.0898 e. The first kappa shape index (κ1) is 10.3. The number of halogens is 1. The molecule has 14 heavy (non-hydrogen) atoms. The summed E-state index contributed by atoms with van der Waals surface area (Å²) in [7, 11) is 0. The van der Waals surface area contributed by atoms with Gasteiger partial charge in [0.05, 0.1) is 21.0 Å². The smallest absolute Gasteiger partial charge is 0.0898 e. The Hall–Kier alpha value is -0.270. The molecular weight excluding hydrogens is 282 g/mol. The van der Waals surface area contributed by atoms with Crippen molar-refractivity contribution >= 4 is 38.6 Å². The second-order valence-corrected chi connectivity index (χ2v) is 5.71. The topological polar surface area (TPSA) is 50.9 Å². The standard InChI is InChI=1S/C8H8BrN3S2/c9-7-1-5(2-14-7)8(12-10)6-3-13-4-11-6/h1-4,8,12H,10H2. The van der Waals surface area contributed by atoms with Crippen LogP contribution in [0.2, 0.25) is 0 Å². The molecule has 2 aromatic rings. The Morgan fingerprint density at radius 3 is 2.86 bits per heavy atom. The van der Waals surface area contributed by atoms with E-state index in [2.05, 4.69) is 37.8 Å². The zero-order chi connectivity index (χ0) is 9.97. The number of nitrogens with one attached hydrogen (secondary N) is 1. The molecular formula is C8H8BrN3S2. The number of aromatic nitrogens is 1. The van der Waals surface area contributed by atoms with Gasteiger partial charge in [-0.25, -0.2) is 10.4 Å². The second kappa shape index (κ2) is 4.50. The van der Waals surface area contributed by atoms with E-state index in [1.807, 2.05) is 5.38 Å². The van der Waals surface area contributed by atoms with Crippen LogP contribution in [-0.4, -0.2) is 4.98 Å². The van der Waals surface area contributed by atoms with Gasteiger partial charge in [0.25, 0.3) is 0 Å². The van der Waals surface area contributed by atoms with Gasteiger partial charge in [-0.3, -0.25) is 5.84 Å². The Labute approximate surface area is 98.1 Å². The SMILES string of the molecule is NNC(c1csc(Br)c1)c1cscn1. The molecule has 1 atom stereocenters. The van der Waals surface area contributed by atoms with E-state index in [4.69, 9.17) is 5.84 Å². The molecule has 3 N–H and O–H groups in total. The average molecular weight is 290 g/mol. The van der Waals surface area contributed by atoms with E-state index >= 15 is 0 Å². The number of thiazole rings is 1. The Balaban J connectivity index is 2.31. The van der Waals surface area contributed by atoms with Crippen LogP contribution in [0.3, 0.4) is 0 Å². The van der Waals surface area contributed by atoms with Crippen LogP contribution in [0.1, 0.15) is 17.3 Å². The van der Waals surface area contributed by atoms with Gasteiger partial charge in [0.15, 0.2) is 0 Å². The summed E-state index contributed by atoms with van der Waals surface area (Å²) < 4.78 is 1.10. The first-order valence-corrected chi connectivity index (χ1v) is 6.51. The lowest BCUT2D eigenvalue weighted by Crippen LogP contribution is -2.28. The van der Waals surface area contributed by atoms with E-state index in [0.717, 1.165) is 15.0 Å². The van der Waals surface area contributed by atoms with Crippen LogP contribution in [0.15, 0.2) is 26.1 Å². The fourth-order valence-corrected chi connectivity index (χ4v) is 2.97. The van der Waals surface area contributed by atoms with Crippen molar-refractivity contribution < 1.29 is 0 Å². The summed E-state index contributed by atoms with van der Waals surface area (Å²) in [5.74, 6) is 5.51. The summed E-state index contributed by atoms with van der Waals surface area (Å²) in [6.07, 6.45) is 0. The second-order valence-electron chi connectivity index (χ2n) is 2.70. The van der Waals surface area contributed by atoms with Gasteiger partial charge < -0.3 is 0 Å². The lowest BCUT2D eigenvalue weighted by atomic mass is 10.1. The van der Waals surface area contributed by atoms with E-state index in [0.29, 0.717) is 0 Å². The third kappa shape index (κ3) is 2.04. The highest BCUT2D eigenvalue weighted by atomic mass is 79.9. The van der Waals surface area contributed by atoms with Crippen LogP contribution in [-0.2, 0) is 0 Å². The Bertz CT molecular complexity index is 398. The molecule has 0 fully saturated rings. The fraction of sp³-hybridized carbons (Fsp3) is 0.125. The van der Waals surface area contributed by atoms with Crippen molar-refractivity contribution in [2.75, 3.05) is 0 Å². The van der Waals surface area contributed by atoms with Crippen molar-refractivity contribution in [3.05, 3.63) is 37.4 Å². The highest BCUT2D eigenvalue weighted by Crippen LogP contribution is 2.28. The summed E-state index contributed by atoms with van der Waals surface area (Å²) in [6.45, 7) is 0. The molecule has 0 saturated heterocycles. The number of hydrogen-bond donors (Lipinski definition) is 2. The zero-order valence-corrected chi connectivity index (χ0v) is 10.3. The van der Waals surface area contributed by atoms with Crippen LogP contribution in [0.5, 0.6) is 0 Å². The Morgan fingerprint density at radius 2 is 2.36 bits per heavy atom. The van der Waals surface area contributed by atoms with Crippen LogP contribution in [0.25, 0.3) is 0 Å². The minimum atomic E-state index is -0.0104. The van der Waals surface area contributed by atoms with Gasteiger partial charge in [-0.15, -0.1) is 22.7 Å². The minimum Gasteiger partial charge on any atom is -0.271 e. The molecule has 0 aliphatic heterocycles. The van der Waals surface area contributed by atoms with Crippen LogP contribution in [0.4, 0.5) is 0 Å². The first-order valence-electron chi connectivity index (χ1n) is 3.89. The maximum absolute atomic E-state index is 5.51. The van der Waals surface area contributed by atoms with Crippen LogP contribution in [0, 0.1) is 0 Å². The van der Waals surface area contributed by atoms with Gasteiger partial charge in [0, 0.05) is 5.38 Å². The van der Waals surface area contributed by atoms with E-state index in [1.54, 1.807) is 28.2 Å². The molecule has 0 aliphatic rings. The van der Waals surface area contributed by atoms with Gasteiger partial charge in [0.1, 0.15) is 0 Å². The molecule has 0 saturated carbocycles. The number of rotatable bonds is 3. The lowest BCUT2D eigenvalue weighted by Gasteiger charge is -2.11. The van der Waals surface area contributed by atoms with Crippen molar-refractivity contribution in [1.29, 1.82) is 0 Å². The predicted octanol–water partition coefficient (Wildman–Crippen LogP) is 2.52. The zero-order valence-electron chi connectivity index (χ0n) is 7.11. The van der Waals surface area contributed by atoms with Crippen molar-refractivity contribution in [3.63, 3.8) is 0 Å². The van der Waals surface area contributed by atoms with Gasteiger partial charge in [-0.05, 0) is 32.9 Å². The fourth-order valence-electron chi connectivity index (χ4n) is 1.19. The molecule has 1 unspecified atom stereocenters. The van der Waals surface area contributed by atoms with Crippen molar-refractivity contribution in [1.82, 2.24) is 10.4 Å². The van der Waals surface area contributed by atoms with Gasteiger partial charge in [-0.2, -0.15) is 0 Å². The molecule has 0 aromatic carbocycles. The van der Waals surface area contributed by atoms with Crippen molar-refractivity contribution in [2.45, 2.75) is 6.04 Å². The molecule has 74 valence electrons. The highest BCUT2D eigenvalue weighted by molar-refractivity contribution is 9.11. The summed E-state index contributed by atoms with van der Waals surface area (Å²) >= 11 is 6.64.